The van der Waals surface area contributed by atoms with Gasteiger partial charge in [0.25, 0.3) is 0 Å². The number of aliphatic carboxylic acids is 1. The summed E-state index contributed by atoms with van der Waals surface area (Å²) in [4.78, 5) is 28.7. The number of carboxylic acids is 1. The fourth-order valence-corrected chi connectivity index (χ4v) is 5.34. The zero-order chi connectivity index (χ0) is 20.4. The van der Waals surface area contributed by atoms with Crippen LogP contribution in [0.1, 0.15) is 5.56 Å². The number of halogens is 3. The third-order valence-electron chi connectivity index (χ3n) is 3.17. The normalized spacial score (nSPS) is 12.5. The Bertz CT molecular complexity index is 895. The van der Waals surface area contributed by atoms with Crippen LogP contribution < -0.4 is 15.0 Å². The maximum absolute atomic E-state index is 11.0. The van der Waals surface area contributed by atoms with Gasteiger partial charge in [-0.15, -0.1) is 0 Å². The van der Waals surface area contributed by atoms with Crippen molar-refractivity contribution in [2.24, 2.45) is 5.73 Å². The minimum atomic E-state index is -4.64. The molecule has 0 heterocycles. The number of phosphoric acid groups is 1. The van der Waals surface area contributed by atoms with Crippen LogP contribution in [0, 0.1) is 10.7 Å². The molecule has 0 amide bonds. The van der Waals surface area contributed by atoms with E-state index in [2.05, 4.69) is 49.7 Å². The van der Waals surface area contributed by atoms with Crippen molar-refractivity contribution in [3.8, 4) is 17.2 Å². The second kappa shape index (κ2) is 9.54. The Morgan fingerprint density at radius 1 is 1.11 bits per heavy atom. The topological polar surface area (TPSA) is 139 Å². The minimum absolute atomic E-state index is 0.0543. The van der Waals surface area contributed by atoms with Crippen LogP contribution in [0.2, 0.25) is 0 Å². The molecule has 2 aromatic rings. The molecule has 2 aromatic carbocycles. The maximum atomic E-state index is 11.0. The lowest BCUT2D eigenvalue weighted by atomic mass is 10.1. The molecule has 12 heteroatoms. The van der Waals surface area contributed by atoms with E-state index in [1.165, 1.54) is 12.1 Å². The van der Waals surface area contributed by atoms with E-state index in [9.17, 15) is 9.36 Å². The number of hydrogen-bond donors (Lipinski definition) is 4. The summed E-state index contributed by atoms with van der Waals surface area (Å²) < 4.78 is 23.5. The number of carboxylic acid groups (broad SMARTS) is 1. The number of rotatable bonds is 7. The Balaban J connectivity index is 2.23. The van der Waals surface area contributed by atoms with E-state index >= 15 is 0 Å². The van der Waals surface area contributed by atoms with Crippen molar-refractivity contribution in [3.63, 3.8) is 0 Å². The van der Waals surface area contributed by atoms with E-state index in [0.29, 0.717) is 15.1 Å². The molecule has 8 nitrogen and oxygen atoms in total. The van der Waals surface area contributed by atoms with Crippen molar-refractivity contribution in [2.75, 3.05) is 0 Å². The highest BCUT2D eigenvalue weighted by Crippen LogP contribution is 2.41. The van der Waals surface area contributed by atoms with Crippen molar-refractivity contribution < 1.29 is 33.5 Å². The molecule has 0 spiro atoms. The van der Waals surface area contributed by atoms with Crippen molar-refractivity contribution in [1.29, 1.82) is 0 Å². The van der Waals surface area contributed by atoms with Gasteiger partial charge in [-0.2, -0.15) is 0 Å². The van der Waals surface area contributed by atoms with Crippen LogP contribution in [0.25, 0.3) is 0 Å². The molecular weight excluding hydrogens is 718 g/mol. The number of carbonyl (C=O) groups is 1. The van der Waals surface area contributed by atoms with Crippen molar-refractivity contribution >= 4 is 81.6 Å². The van der Waals surface area contributed by atoms with Crippen molar-refractivity contribution in [1.82, 2.24) is 0 Å². The summed E-state index contributed by atoms with van der Waals surface area (Å²) in [5.74, 6) is 0.0396. The average Bonchev–Trinajstić information content (AvgIpc) is 2.52. The Hall–Kier alpha value is -0.190. The van der Waals surface area contributed by atoms with Crippen molar-refractivity contribution in [2.45, 2.75) is 12.5 Å². The fourth-order valence-electron chi connectivity index (χ4n) is 2.03. The molecule has 146 valence electrons. The highest BCUT2D eigenvalue weighted by atomic mass is 127. The molecule has 2 rings (SSSR count). The molecule has 0 aliphatic heterocycles. The molecule has 0 aliphatic carbocycles. The van der Waals surface area contributed by atoms with Crippen LogP contribution in [0.3, 0.4) is 0 Å². The Morgan fingerprint density at radius 3 is 2.19 bits per heavy atom. The van der Waals surface area contributed by atoms with Gasteiger partial charge in [0, 0.05) is 0 Å². The lowest BCUT2D eigenvalue weighted by Crippen LogP contribution is -2.32. The predicted octanol–water partition coefficient (Wildman–Crippen LogP) is 3.72. The van der Waals surface area contributed by atoms with Gasteiger partial charge in [0.05, 0.1) is 10.7 Å². The first kappa shape index (κ1) is 23.1. The minimum Gasteiger partial charge on any atom is -0.480 e. The van der Waals surface area contributed by atoms with Gasteiger partial charge < -0.3 is 20.1 Å². The van der Waals surface area contributed by atoms with Gasteiger partial charge in [-0.3, -0.25) is 14.6 Å². The van der Waals surface area contributed by atoms with Gasteiger partial charge in [-0.1, -0.05) is 0 Å². The second-order valence-corrected chi connectivity index (χ2v) is 9.96. The molecule has 0 fully saturated rings. The van der Waals surface area contributed by atoms with Gasteiger partial charge >= 0.3 is 13.8 Å². The first-order valence-corrected chi connectivity index (χ1v) is 11.9. The first-order valence-electron chi connectivity index (χ1n) is 7.15. The van der Waals surface area contributed by atoms with E-state index in [1.54, 1.807) is 18.2 Å². The summed E-state index contributed by atoms with van der Waals surface area (Å²) >= 11 is 6.07. The van der Waals surface area contributed by atoms with E-state index in [1.807, 2.05) is 22.6 Å². The summed E-state index contributed by atoms with van der Waals surface area (Å²) in [6.07, 6.45) is 0.202. The molecule has 0 aliphatic rings. The monoisotopic (exact) mass is 731 g/mol. The highest BCUT2D eigenvalue weighted by molar-refractivity contribution is 14.1. The van der Waals surface area contributed by atoms with Crippen molar-refractivity contribution in [3.05, 3.63) is 46.6 Å². The number of ether oxygens (including phenoxy) is 1. The smallest absolute Gasteiger partial charge is 0.480 e. The van der Waals surface area contributed by atoms with Gasteiger partial charge in [-0.05, 0) is 110 Å². The third kappa shape index (κ3) is 6.97. The number of nitrogens with two attached hydrogens (primary N) is 1. The summed E-state index contributed by atoms with van der Waals surface area (Å²) in [5, 5.41) is 8.94. The molecule has 0 saturated carbocycles. The quantitative estimate of drug-likeness (QED) is 0.250. The number of hydrogen-bond acceptors (Lipinski definition) is 5. The molecule has 1 atom stereocenters. The summed E-state index contributed by atoms with van der Waals surface area (Å²) in [7, 11) is -4.64. The molecule has 0 radical (unpaired) electrons. The molecule has 27 heavy (non-hydrogen) atoms. The predicted molar refractivity (Wildman–Crippen MR) is 123 cm³/mol. The van der Waals surface area contributed by atoms with Crippen LogP contribution >= 0.6 is 75.6 Å². The summed E-state index contributed by atoms with van der Waals surface area (Å²) in [5.41, 5.74) is 6.36. The largest absolute Gasteiger partial charge is 0.524 e. The molecule has 0 saturated heterocycles. The fraction of sp³-hybridized carbons (Fsp3) is 0.133. The van der Waals surface area contributed by atoms with Crippen LogP contribution in [0.5, 0.6) is 17.2 Å². The van der Waals surface area contributed by atoms with Crippen LogP contribution in [0.15, 0.2) is 30.3 Å². The Labute approximate surface area is 195 Å². The second-order valence-electron chi connectivity index (χ2n) is 5.31. The number of benzene rings is 2. The molecule has 0 aromatic heterocycles. The van der Waals surface area contributed by atoms with E-state index in [-0.39, 0.29) is 12.2 Å². The number of phosphoric ester groups is 1. The van der Waals surface area contributed by atoms with Gasteiger partial charge in [0.15, 0.2) is 5.75 Å². The standard InChI is InChI=1S/C15H13I3NO7P/c16-9-6-8(1-2-13(9)26-27(22,23)24)25-14-10(17)3-7(4-11(14)18)5-12(19)15(20)21/h1-4,6,12H,5,19H2,(H,20,21)(H2,22,23,24)/t12-/m0/s1. The molecule has 0 unspecified atom stereocenters. The van der Waals surface area contributed by atoms with E-state index in [0.717, 1.165) is 12.7 Å². The summed E-state index contributed by atoms with van der Waals surface area (Å²) in [6, 6.07) is 7.16. The lowest BCUT2D eigenvalue weighted by Gasteiger charge is -2.14. The zero-order valence-electron chi connectivity index (χ0n) is 13.3. The van der Waals surface area contributed by atoms with Gasteiger partial charge in [0.1, 0.15) is 17.5 Å². The average molecular weight is 731 g/mol. The van der Waals surface area contributed by atoms with Gasteiger partial charge in [0.2, 0.25) is 0 Å². The Morgan fingerprint density at radius 2 is 1.70 bits per heavy atom. The van der Waals surface area contributed by atoms with Crippen LogP contribution in [-0.2, 0) is 15.8 Å². The summed E-state index contributed by atoms with van der Waals surface area (Å²) in [6.45, 7) is 0. The highest BCUT2D eigenvalue weighted by Gasteiger charge is 2.19. The van der Waals surface area contributed by atoms with E-state index < -0.39 is 19.8 Å². The van der Waals surface area contributed by atoms with Gasteiger partial charge in [-0.25, -0.2) is 4.57 Å². The SMILES string of the molecule is N[C@@H](Cc1cc(I)c(Oc2ccc(OP(=O)(O)O)c(I)c2)c(I)c1)C(=O)O. The zero-order valence-corrected chi connectivity index (χ0v) is 20.7. The van der Waals surface area contributed by atoms with Crippen LogP contribution in [0.4, 0.5) is 0 Å². The first-order chi connectivity index (χ1) is 12.5. The lowest BCUT2D eigenvalue weighted by molar-refractivity contribution is -0.138. The van der Waals surface area contributed by atoms with Crippen LogP contribution in [-0.4, -0.2) is 26.9 Å². The molecule has 5 N–H and O–H groups in total. The molecule has 0 bridgehead atoms. The third-order valence-corrected chi connectivity index (χ3v) is 6.05. The van der Waals surface area contributed by atoms with E-state index in [4.69, 9.17) is 25.4 Å². The maximum Gasteiger partial charge on any atom is 0.524 e. The molecular formula is C15H13I3NO7P. The Kier molecular flexibility index (Phi) is 8.16.